The van der Waals surface area contributed by atoms with Crippen LogP contribution in [0.25, 0.3) is 22.4 Å². The summed E-state index contributed by atoms with van der Waals surface area (Å²) in [6, 6.07) is 13.9. The summed E-state index contributed by atoms with van der Waals surface area (Å²) >= 11 is 0. The highest BCUT2D eigenvalue weighted by atomic mass is 19.2. The lowest BCUT2D eigenvalue weighted by molar-refractivity contribution is -0.142. The summed E-state index contributed by atoms with van der Waals surface area (Å²) in [6.45, 7) is 3.09. The number of aromatic nitrogens is 2. The van der Waals surface area contributed by atoms with Crippen LogP contribution in [0.3, 0.4) is 0 Å². The van der Waals surface area contributed by atoms with E-state index in [4.69, 9.17) is 14.9 Å². The van der Waals surface area contributed by atoms with Crippen molar-refractivity contribution in [2.24, 2.45) is 11.8 Å². The Balaban J connectivity index is 1.58. The molecule has 0 unspecified atom stereocenters. The molecule has 180 valence electrons. The fraction of sp³-hybridized carbons (Fsp3) is 0.407. The summed E-state index contributed by atoms with van der Waals surface area (Å²) in [5.41, 5.74) is 4.27. The summed E-state index contributed by atoms with van der Waals surface area (Å²) in [5.74, 6) is -1.86. The van der Waals surface area contributed by atoms with Crippen LogP contribution in [-0.2, 0) is 22.5 Å². The Morgan fingerprint density at radius 1 is 1.03 bits per heavy atom. The molecule has 7 heteroatoms. The average Bonchev–Trinajstić information content (AvgIpc) is 3.20. The van der Waals surface area contributed by atoms with E-state index in [9.17, 15) is 13.6 Å². The lowest BCUT2D eigenvalue weighted by Gasteiger charge is -2.28. The zero-order valence-electron chi connectivity index (χ0n) is 19.3. The fourth-order valence-corrected chi connectivity index (χ4v) is 4.90. The van der Waals surface area contributed by atoms with Gasteiger partial charge in [0, 0.05) is 23.4 Å². The van der Waals surface area contributed by atoms with Gasteiger partial charge in [-0.05, 0) is 67.7 Å². The van der Waals surface area contributed by atoms with Crippen molar-refractivity contribution in [2.45, 2.75) is 45.6 Å². The number of ether oxygens (including phenoxy) is 1. The van der Waals surface area contributed by atoms with Crippen LogP contribution in [0.4, 0.5) is 8.78 Å². The van der Waals surface area contributed by atoms with Gasteiger partial charge in [-0.3, -0.25) is 4.68 Å². The number of hydrogen-bond donors (Lipinski definition) is 1. The van der Waals surface area contributed by atoms with Gasteiger partial charge in [0.25, 0.3) is 0 Å². The van der Waals surface area contributed by atoms with Crippen LogP contribution in [0.1, 0.15) is 38.3 Å². The Kier molecular flexibility index (Phi) is 7.73. The van der Waals surface area contributed by atoms with Crippen molar-refractivity contribution in [2.75, 3.05) is 13.2 Å². The molecule has 0 saturated heterocycles. The normalized spacial score (nSPS) is 18.2. The van der Waals surface area contributed by atoms with Crippen molar-refractivity contribution in [3.8, 4) is 22.4 Å². The molecule has 3 aromatic rings. The summed E-state index contributed by atoms with van der Waals surface area (Å²) in [7, 11) is 0. The van der Waals surface area contributed by atoms with E-state index in [1.807, 2.05) is 35.0 Å². The molecule has 1 aromatic heterocycles. The van der Waals surface area contributed by atoms with Gasteiger partial charge in [0.05, 0.1) is 6.61 Å². The zero-order chi connectivity index (χ0) is 24.1. The van der Waals surface area contributed by atoms with E-state index in [0.717, 1.165) is 61.5 Å². The van der Waals surface area contributed by atoms with Gasteiger partial charge in [0.1, 0.15) is 12.3 Å². The van der Waals surface area contributed by atoms with Gasteiger partial charge < -0.3 is 9.84 Å². The van der Waals surface area contributed by atoms with Gasteiger partial charge in [-0.15, -0.1) is 0 Å². The van der Waals surface area contributed by atoms with E-state index in [2.05, 4.69) is 6.92 Å². The topological polar surface area (TPSA) is 64.4 Å². The molecule has 0 amide bonds. The molecule has 0 aliphatic heterocycles. The standard InChI is InChI=1S/C27H30F2N2O3/c1-2-24-26(20-6-4-3-5-7-20)27(21-12-13-22(28)23(29)14-21)30-31(24)15-18-8-10-19(11-9-18)16-34-17-25(32)33/h3-7,12-14,18-19H,2,8-11,15-17H2,1H3,(H,32,33). The minimum Gasteiger partial charge on any atom is -0.480 e. The highest BCUT2D eigenvalue weighted by Gasteiger charge is 2.25. The molecule has 0 atom stereocenters. The van der Waals surface area contributed by atoms with Gasteiger partial charge in [0.15, 0.2) is 11.6 Å². The number of carbonyl (C=O) groups is 1. The smallest absolute Gasteiger partial charge is 0.329 e. The number of carboxylic acids is 1. The van der Waals surface area contributed by atoms with Crippen LogP contribution >= 0.6 is 0 Å². The van der Waals surface area contributed by atoms with Gasteiger partial charge in [-0.2, -0.15) is 5.10 Å². The van der Waals surface area contributed by atoms with Crippen molar-refractivity contribution in [3.05, 3.63) is 65.9 Å². The first-order valence-corrected chi connectivity index (χ1v) is 11.9. The van der Waals surface area contributed by atoms with Crippen LogP contribution in [0.15, 0.2) is 48.5 Å². The van der Waals surface area contributed by atoms with E-state index in [0.29, 0.717) is 29.7 Å². The maximum absolute atomic E-state index is 14.1. The monoisotopic (exact) mass is 468 g/mol. The molecule has 2 aromatic carbocycles. The predicted molar refractivity (Wildman–Crippen MR) is 126 cm³/mol. The van der Waals surface area contributed by atoms with Gasteiger partial charge >= 0.3 is 5.97 Å². The Bertz CT molecular complexity index is 1120. The van der Waals surface area contributed by atoms with Gasteiger partial charge in [-0.25, -0.2) is 13.6 Å². The predicted octanol–water partition coefficient (Wildman–Crippen LogP) is 5.97. The molecule has 1 aliphatic rings. The third-order valence-corrected chi connectivity index (χ3v) is 6.62. The van der Waals surface area contributed by atoms with E-state index in [1.165, 1.54) is 6.07 Å². The number of benzene rings is 2. The first-order chi connectivity index (χ1) is 16.5. The molecule has 1 N–H and O–H groups in total. The maximum atomic E-state index is 14.1. The number of halogens is 2. The number of carboxylic acid groups (broad SMARTS) is 1. The number of hydrogen-bond acceptors (Lipinski definition) is 3. The van der Waals surface area contributed by atoms with Gasteiger partial charge in [0.2, 0.25) is 0 Å². The molecular weight excluding hydrogens is 438 g/mol. The molecule has 0 radical (unpaired) electrons. The summed E-state index contributed by atoms with van der Waals surface area (Å²) in [4.78, 5) is 10.7. The zero-order valence-corrected chi connectivity index (χ0v) is 19.3. The molecule has 1 heterocycles. The van der Waals surface area contributed by atoms with E-state index >= 15 is 0 Å². The lowest BCUT2D eigenvalue weighted by Crippen LogP contribution is -2.23. The lowest BCUT2D eigenvalue weighted by atomic mass is 9.82. The molecule has 1 saturated carbocycles. The van der Waals surface area contributed by atoms with E-state index in [-0.39, 0.29) is 6.61 Å². The summed E-state index contributed by atoms with van der Waals surface area (Å²) in [5, 5.41) is 13.7. The SMILES string of the molecule is CCc1c(-c2ccccc2)c(-c2ccc(F)c(F)c2)nn1CC1CCC(COCC(=O)O)CC1. The van der Waals surface area contributed by atoms with Crippen LogP contribution in [0.2, 0.25) is 0 Å². The van der Waals surface area contributed by atoms with Crippen molar-refractivity contribution in [1.82, 2.24) is 9.78 Å². The molecule has 4 rings (SSSR count). The first-order valence-electron chi connectivity index (χ1n) is 11.9. The van der Waals surface area contributed by atoms with Crippen molar-refractivity contribution in [1.29, 1.82) is 0 Å². The Morgan fingerprint density at radius 3 is 2.38 bits per heavy atom. The second-order valence-corrected chi connectivity index (χ2v) is 9.00. The van der Waals surface area contributed by atoms with Crippen molar-refractivity contribution >= 4 is 5.97 Å². The second kappa shape index (κ2) is 10.9. The molecule has 5 nitrogen and oxygen atoms in total. The first kappa shape index (κ1) is 24.1. The largest absolute Gasteiger partial charge is 0.480 e. The molecule has 1 aliphatic carbocycles. The third-order valence-electron chi connectivity index (χ3n) is 6.62. The number of rotatable bonds is 9. The van der Waals surface area contributed by atoms with Gasteiger partial charge in [-0.1, -0.05) is 37.3 Å². The Morgan fingerprint density at radius 2 is 1.74 bits per heavy atom. The summed E-state index contributed by atoms with van der Waals surface area (Å²) < 4.78 is 35.0. The van der Waals surface area contributed by atoms with Crippen LogP contribution in [-0.4, -0.2) is 34.1 Å². The Labute approximate surface area is 198 Å². The highest BCUT2D eigenvalue weighted by Crippen LogP contribution is 2.37. The van der Waals surface area contributed by atoms with E-state index in [1.54, 1.807) is 6.07 Å². The summed E-state index contributed by atoms with van der Waals surface area (Å²) in [6.07, 6.45) is 4.79. The minimum absolute atomic E-state index is 0.248. The quantitative estimate of drug-likeness (QED) is 0.421. The molecular formula is C27H30F2N2O3. The molecule has 1 fully saturated rings. The number of aliphatic carboxylic acids is 1. The van der Waals surface area contributed by atoms with Crippen LogP contribution in [0.5, 0.6) is 0 Å². The van der Waals surface area contributed by atoms with Crippen molar-refractivity contribution in [3.63, 3.8) is 0 Å². The average molecular weight is 469 g/mol. The minimum atomic E-state index is -0.939. The highest BCUT2D eigenvalue weighted by molar-refractivity contribution is 5.82. The molecule has 0 bridgehead atoms. The van der Waals surface area contributed by atoms with E-state index < -0.39 is 17.6 Å². The second-order valence-electron chi connectivity index (χ2n) is 9.00. The Hall–Kier alpha value is -3.06. The molecule has 0 spiro atoms. The number of nitrogens with zero attached hydrogens (tertiary/aromatic N) is 2. The van der Waals surface area contributed by atoms with Crippen molar-refractivity contribution < 1.29 is 23.4 Å². The third kappa shape index (κ3) is 5.53. The van der Waals surface area contributed by atoms with Crippen LogP contribution < -0.4 is 0 Å². The maximum Gasteiger partial charge on any atom is 0.329 e. The van der Waals surface area contributed by atoms with Crippen LogP contribution in [0, 0.1) is 23.5 Å². The fourth-order valence-electron chi connectivity index (χ4n) is 4.90. The molecule has 34 heavy (non-hydrogen) atoms.